The number of hydrogen-bond donors (Lipinski definition) is 1. The van der Waals surface area contributed by atoms with Crippen LogP contribution in [0.4, 0.5) is 0 Å². The van der Waals surface area contributed by atoms with Crippen molar-refractivity contribution < 1.29 is 4.74 Å². The van der Waals surface area contributed by atoms with Crippen molar-refractivity contribution in [2.24, 2.45) is 11.8 Å². The summed E-state index contributed by atoms with van der Waals surface area (Å²) in [6.45, 7) is 7.24. The molecule has 2 unspecified atom stereocenters. The number of hydrogen-bond acceptors (Lipinski definition) is 2. The zero-order valence-electron chi connectivity index (χ0n) is 12.4. The summed E-state index contributed by atoms with van der Waals surface area (Å²) in [5.74, 6) is 1.34. The van der Waals surface area contributed by atoms with Crippen LogP contribution >= 0.6 is 35.6 Å². The van der Waals surface area contributed by atoms with Gasteiger partial charge in [-0.3, -0.25) is 0 Å². The molecule has 1 saturated heterocycles. The van der Waals surface area contributed by atoms with Gasteiger partial charge in [-0.25, -0.2) is 0 Å². The average Bonchev–Trinajstić information content (AvgIpc) is 2.82. The molecule has 0 spiro atoms. The van der Waals surface area contributed by atoms with Gasteiger partial charge >= 0.3 is 0 Å². The SMILES string of the molecule is CCC(C)OC[C@]1(c2ccc(Cl)c(Cl)c2)C2CNC[C@@H]21.Cl. The zero-order chi connectivity index (χ0) is 14.3. The molecule has 21 heavy (non-hydrogen) atoms. The molecule has 3 rings (SSSR count). The van der Waals surface area contributed by atoms with Crippen LogP contribution < -0.4 is 5.32 Å². The van der Waals surface area contributed by atoms with Crippen molar-refractivity contribution in [3.63, 3.8) is 0 Å². The highest BCUT2D eigenvalue weighted by atomic mass is 35.5. The van der Waals surface area contributed by atoms with Gasteiger partial charge in [0.25, 0.3) is 0 Å². The van der Waals surface area contributed by atoms with Crippen molar-refractivity contribution >= 4 is 35.6 Å². The first kappa shape index (κ1) is 17.4. The molecular weight excluding hydrogens is 329 g/mol. The molecule has 2 nitrogen and oxygen atoms in total. The smallest absolute Gasteiger partial charge is 0.0595 e. The number of halogens is 3. The lowest BCUT2D eigenvalue weighted by Crippen LogP contribution is -2.31. The van der Waals surface area contributed by atoms with Crippen molar-refractivity contribution in [2.45, 2.75) is 31.8 Å². The molecule has 0 bridgehead atoms. The summed E-state index contributed by atoms with van der Waals surface area (Å²) in [4.78, 5) is 0. The van der Waals surface area contributed by atoms with Crippen molar-refractivity contribution in [3.8, 4) is 0 Å². The molecule has 2 fully saturated rings. The predicted octanol–water partition coefficient (Wildman–Crippen LogP) is 4.32. The topological polar surface area (TPSA) is 21.3 Å². The fraction of sp³-hybridized carbons (Fsp3) is 0.625. The van der Waals surface area contributed by atoms with E-state index in [0.29, 0.717) is 28.0 Å². The quantitative estimate of drug-likeness (QED) is 0.854. The number of ether oxygens (including phenoxy) is 1. The monoisotopic (exact) mass is 349 g/mol. The first-order valence-electron chi connectivity index (χ1n) is 7.37. The molecule has 118 valence electrons. The second-order valence-corrected chi connectivity index (χ2v) is 6.88. The van der Waals surface area contributed by atoms with E-state index < -0.39 is 0 Å². The third-order valence-electron chi connectivity index (χ3n) is 5.07. The molecule has 0 aromatic heterocycles. The summed E-state index contributed by atoms with van der Waals surface area (Å²) in [6.07, 6.45) is 1.36. The van der Waals surface area contributed by atoms with Crippen LogP contribution in [0.15, 0.2) is 18.2 Å². The molecule has 1 N–H and O–H groups in total. The van der Waals surface area contributed by atoms with Gasteiger partial charge in [-0.1, -0.05) is 36.2 Å². The van der Waals surface area contributed by atoms with E-state index in [1.807, 2.05) is 12.1 Å². The maximum atomic E-state index is 6.21. The van der Waals surface area contributed by atoms with Gasteiger partial charge in [0.1, 0.15) is 0 Å². The van der Waals surface area contributed by atoms with Crippen LogP contribution in [0.2, 0.25) is 10.0 Å². The van der Waals surface area contributed by atoms with Crippen molar-refractivity contribution in [1.29, 1.82) is 0 Å². The van der Waals surface area contributed by atoms with Crippen molar-refractivity contribution in [2.75, 3.05) is 19.7 Å². The Hall–Kier alpha value is 0.01000. The minimum atomic E-state index is 0. The Labute approximate surface area is 142 Å². The van der Waals surface area contributed by atoms with Crippen LogP contribution in [0.25, 0.3) is 0 Å². The van der Waals surface area contributed by atoms with Crippen molar-refractivity contribution in [3.05, 3.63) is 33.8 Å². The number of nitrogens with one attached hydrogen (secondary N) is 1. The minimum absolute atomic E-state index is 0. The van der Waals surface area contributed by atoms with E-state index in [-0.39, 0.29) is 17.8 Å². The van der Waals surface area contributed by atoms with E-state index in [2.05, 4.69) is 25.2 Å². The summed E-state index contributed by atoms with van der Waals surface area (Å²) in [6, 6.07) is 6.06. The summed E-state index contributed by atoms with van der Waals surface area (Å²) in [7, 11) is 0. The summed E-state index contributed by atoms with van der Waals surface area (Å²) in [5.41, 5.74) is 1.43. The third-order valence-corrected chi connectivity index (χ3v) is 5.81. The Kier molecular flexibility index (Phi) is 5.49. The average molecular weight is 351 g/mol. The first-order valence-corrected chi connectivity index (χ1v) is 8.13. The lowest BCUT2D eigenvalue weighted by Gasteiger charge is -2.24. The molecular formula is C16H22Cl3NO. The second-order valence-electron chi connectivity index (χ2n) is 6.07. The summed E-state index contributed by atoms with van der Waals surface area (Å²) >= 11 is 12.3. The number of fused-ring (bicyclic) bond motifs is 1. The van der Waals surface area contributed by atoms with Crippen LogP contribution in [0.1, 0.15) is 25.8 Å². The Bertz CT molecular complexity index is 498. The molecule has 1 heterocycles. The normalized spacial score (nSPS) is 31.4. The molecule has 1 aliphatic heterocycles. The highest BCUT2D eigenvalue weighted by molar-refractivity contribution is 6.42. The first-order chi connectivity index (χ1) is 9.59. The maximum Gasteiger partial charge on any atom is 0.0595 e. The Morgan fingerprint density at radius 3 is 2.52 bits per heavy atom. The van der Waals surface area contributed by atoms with Crippen molar-refractivity contribution in [1.82, 2.24) is 5.32 Å². The molecule has 0 radical (unpaired) electrons. The highest BCUT2D eigenvalue weighted by Crippen LogP contribution is 2.62. The number of piperidine rings is 1. The Morgan fingerprint density at radius 1 is 1.29 bits per heavy atom. The lowest BCUT2D eigenvalue weighted by molar-refractivity contribution is 0.0411. The van der Waals surface area contributed by atoms with E-state index in [4.69, 9.17) is 27.9 Å². The number of benzene rings is 1. The van der Waals surface area contributed by atoms with Gasteiger partial charge in [0, 0.05) is 5.41 Å². The van der Waals surface area contributed by atoms with Gasteiger partial charge in [-0.05, 0) is 56.0 Å². The van der Waals surface area contributed by atoms with Gasteiger partial charge < -0.3 is 10.1 Å². The van der Waals surface area contributed by atoms with Gasteiger partial charge in [0.05, 0.1) is 22.8 Å². The van der Waals surface area contributed by atoms with E-state index in [0.717, 1.165) is 26.1 Å². The standard InChI is InChI=1S/C16H21Cl2NO.ClH/c1-3-10(2)20-9-16(12-7-19-8-13(12)16)11-4-5-14(17)15(18)6-11;/h4-6,10,12-13,19H,3,7-9H2,1-2H3;1H/t10?,12-,13?,16+;/m0./s1. The van der Waals surface area contributed by atoms with E-state index >= 15 is 0 Å². The largest absolute Gasteiger partial charge is 0.378 e. The van der Waals surface area contributed by atoms with Crippen LogP contribution in [0.3, 0.4) is 0 Å². The summed E-state index contributed by atoms with van der Waals surface area (Å²) in [5, 5.41) is 4.73. The summed E-state index contributed by atoms with van der Waals surface area (Å²) < 4.78 is 6.08. The molecule has 1 aliphatic carbocycles. The zero-order valence-corrected chi connectivity index (χ0v) is 14.7. The molecule has 1 aromatic rings. The fourth-order valence-corrected chi connectivity index (χ4v) is 3.85. The predicted molar refractivity (Wildman–Crippen MR) is 90.9 cm³/mol. The van der Waals surface area contributed by atoms with E-state index in [1.54, 1.807) is 0 Å². The van der Waals surface area contributed by atoms with Crippen LogP contribution in [-0.2, 0) is 10.2 Å². The highest BCUT2D eigenvalue weighted by Gasteiger charge is 2.67. The van der Waals surface area contributed by atoms with Gasteiger partial charge in [-0.15, -0.1) is 12.4 Å². The van der Waals surface area contributed by atoms with E-state index in [1.165, 1.54) is 5.56 Å². The van der Waals surface area contributed by atoms with Crippen LogP contribution in [-0.4, -0.2) is 25.8 Å². The Morgan fingerprint density at radius 2 is 1.95 bits per heavy atom. The second kappa shape index (κ2) is 6.64. The van der Waals surface area contributed by atoms with Gasteiger partial charge in [0.2, 0.25) is 0 Å². The molecule has 1 aromatic carbocycles. The number of rotatable bonds is 5. The van der Waals surface area contributed by atoms with Gasteiger partial charge in [0.15, 0.2) is 0 Å². The minimum Gasteiger partial charge on any atom is -0.378 e. The maximum absolute atomic E-state index is 6.21. The molecule has 4 atom stereocenters. The molecule has 5 heteroatoms. The molecule has 2 aliphatic rings. The fourth-order valence-electron chi connectivity index (χ4n) is 3.56. The van der Waals surface area contributed by atoms with Crippen LogP contribution in [0.5, 0.6) is 0 Å². The third kappa shape index (κ3) is 2.94. The molecule has 0 amide bonds. The van der Waals surface area contributed by atoms with Crippen LogP contribution in [0, 0.1) is 11.8 Å². The molecule has 1 saturated carbocycles. The van der Waals surface area contributed by atoms with Gasteiger partial charge in [-0.2, -0.15) is 0 Å². The van der Waals surface area contributed by atoms with E-state index in [9.17, 15) is 0 Å². The Balaban J connectivity index is 0.00000161. The lowest BCUT2D eigenvalue weighted by atomic mass is 9.91.